The van der Waals surface area contributed by atoms with Crippen molar-refractivity contribution in [3.8, 4) is 11.4 Å². The third-order valence-electron chi connectivity index (χ3n) is 4.75. The third-order valence-corrected chi connectivity index (χ3v) is 5.08. The first-order valence-electron chi connectivity index (χ1n) is 8.83. The highest BCUT2D eigenvalue weighted by Crippen LogP contribution is 2.33. The van der Waals surface area contributed by atoms with Gasteiger partial charge < -0.3 is 9.42 Å². The van der Waals surface area contributed by atoms with Crippen LogP contribution in [0.2, 0.25) is 5.02 Å². The molecular formula is C20H15ClF3N3O2. The van der Waals surface area contributed by atoms with Crippen LogP contribution in [-0.4, -0.2) is 27.5 Å². The molecule has 9 heteroatoms. The van der Waals surface area contributed by atoms with Crippen LogP contribution < -0.4 is 0 Å². The number of carbonyl (C=O) groups excluding carboxylic acids is 1. The highest BCUT2D eigenvalue weighted by molar-refractivity contribution is 6.33. The second-order valence-electron chi connectivity index (χ2n) is 6.81. The van der Waals surface area contributed by atoms with Gasteiger partial charge in [0, 0.05) is 25.1 Å². The van der Waals surface area contributed by atoms with Crippen LogP contribution in [0, 0.1) is 0 Å². The van der Waals surface area contributed by atoms with Crippen molar-refractivity contribution >= 4 is 17.5 Å². The summed E-state index contributed by atoms with van der Waals surface area (Å²) in [5.74, 6) is 0.135. The molecule has 0 aliphatic carbocycles. The van der Waals surface area contributed by atoms with Gasteiger partial charge >= 0.3 is 6.18 Å². The number of carbonyl (C=O) groups is 1. The highest BCUT2D eigenvalue weighted by Gasteiger charge is 2.35. The van der Waals surface area contributed by atoms with Gasteiger partial charge in [0.05, 0.1) is 16.5 Å². The third kappa shape index (κ3) is 4.12. The zero-order valence-electron chi connectivity index (χ0n) is 15.0. The summed E-state index contributed by atoms with van der Waals surface area (Å²) in [5, 5.41) is 4.42. The molecule has 5 nitrogen and oxygen atoms in total. The number of hydrogen-bond acceptors (Lipinski definition) is 4. The van der Waals surface area contributed by atoms with Gasteiger partial charge in [-0.1, -0.05) is 41.0 Å². The molecule has 3 aromatic rings. The number of hydrogen-bond donors (Lipinski definition) is 0. The van der Waals surface area contributed by atoms with E-state index < -0.39 is 11.7 Å². The van der Waals surface area contributed by atoms with Crippen LogP contribution in [0.4, 0.5) is 13.2 Å². The predicted molar refractivity (Wildman–Crippen MR) is 99.0 cm³/mol. The summed E-state index contributed by atoms with van der Waals surface area (Å²) in [7, 11) is 0. The van der Waals surface area contributed by atoms with E-state index in [-0.39, 0.29) is 24.8 Å². The van der Waals surface area contributed by atoms with E-state index in [2.05, 4.69) is 10.1 Å². The Morgan fingerprint density at radius 1 is 1.17 bits per heavy atom. The van der Waals surface area contributed by atoms with Crippen molar-refractivity contribution in [2.45, 2.75) is 25.1 Å². The van der Waals surface area contributed by atoms with Gasteiger partial charge in [-0.05, 0) is 29.8 Å². The van der Waals surface area contributed by atoms with Crippen LogP contribution in [0.3, 0.4) is 0 Å². The molecule has 1 saturated heterocycles. The van der Waals surface area contributed by atoms with Crippen LogP contribution in [0.25, 0.3) is 11.4 Å². The monoisotopic (exact) mass is 421 g/mol. The normalized spacial score (nSPS) is 17.2. The maximum atomic E-state index is 12.9. The van der Waals surface area contributed by atoms with Crippen molar-refractivity contribution in [2.24, 2.45) is 0 Å². The fourth-order valence-electron chi connectivity index (χ4n) is 3.31. The van der Waals surface area contributed by atoms with Crippen LogP contribution in [-0.2, 0) is 17.5 Å². The van der Waals surface area contributed by atoms with E-state index in [0.717, 1.165) is 12.1 Å². The largest absolute Gasteiger partial charge is 0.416 e. The fourth-order valence-corrected chi connectivity index (χ4v) is 3.53. The van der Waals surface area contributed by atoms with Crippen molar-refractivity contribution in [3.63, 3.8) is 0 Å². The molecule has 2 heterocycles. The van der Waals surface area contributed by atoms with E-state index in [9.17, 15) is 18.0 Å². The van der Waals surface area contributed by atoms with E-state index in [1.165, 1.54) is 11.0 Å². The van der Waals surface area contributed by atoms with E-state index in [0.29, 0.717) is 34.4 Å². The summed E-state index contributed by atoms with van der Waals surface area (Å²) in [5.41, 5.74) is 0.296. The van der Waals surface area contributed by atoms with Crippen molar-refractivity contribution in [1.29, 1.82) is 0 Å². The topological polar surface area (TPSA) is 59.2 Å². The number of halogens is 4. The molecule has 0 spiro atoms. The zero-order chi connectivity index (χ0) is 20.6. The zero-order valence-corrected chi connectivity index (χ0v) is 15.7. The van der Waals surface area contributed by atoms with Gasteiger partial charge in [0.25, 0.3) is 0 Å². The van der Waals surface area contributed by atoms with Gasteiger partial charge in [-0.2, -0.15) is 18.2 Å². The number of likely N-dealkylation sites (tertiary alicyclic amines) is 1. The first kappa shape index (κ1) is 19.4. The lowest BCUT2D eigenvalue weighted by Crippen LogP contribution is -2.24. The summed E-state index contributed by atoms with van der Waals surface area (Å²) in [6.45, 7) is 0.379. The molecule has 1 amide bonds. The van der Waals surface area contributed by atoms with Crippen LogP contribution in [0.15, 0.2) is 53.1 Å². The minimum Gasteiger partial charge on any atom is -0.339 e. The molecule has 1 aliphatic heterocycles. The highest BCUT2D eigenvalue weighted by atomic mass is 35.5. The maximum Gasteiger partial charge on any atom is 0.416 e. The average molecular weight is 422 g/mol. The fraction of sp³-hybridized carbons (Fsp3) is 0.250. The van der Waals surface area contributed by atoms with Gasteiger partial charge in [-0.3, -0.25) is 4.79 Å². The quantitative estimate of drug-likeness (QED) is 0.599. The molecule has 0 radical (unpaired) electrons. The van der Waals surface area contributed by atoms with E-state index in [1.807, 2.05) is 0 Å². The van der Waals surface area contributed by atoms with Gasteiger partial charge in [-0.15, -0.1) is 0 Å². The standard InChI is InChI=1S/C20H15ClF3N3O2/c21-16-7-2-1-6-15(16)18-25-19(29-26-18)13-9-17(28)27(11-13)10-12-4-3-5-14(8-12)20(22,23)24/h1-8,13H,9-11H2. The Morgan fingerprint density at radius 2 is 1.97 bits per heavy atom. The summed E-state index contributed by atoms with van der Waals surface area (Å²) >= 11 is 6.15. The average Bonchev–Trinajstić information content (AvgIpc) is 3.29. The number of rotatable bonds is 4. The van der Waals surface area contributed by atoms with Crippen molar-refractivity contribution < 1.29 is 22.5 Å². The molecule has 0 N–H and O–H groups in total. The second-order valence-corrected chi connectivity index (χ2v) is 7.22. The van der Waals surface area contributed by atoms with E-state index in [1.54, 1.807) is 30.3 Å². The first-order valence-corrected chi connectivity index (χ1v) is 9.21. The van der Waals surface area contributed by atoms with Crippen LogP contribution in [0.5, 0.6) is 0 Å². The maximum absolute atomic E-state index is 12.9. The molecule has 1 aromatic heterocycles. The summed E-state index contributed by atoms with van der Waals surface area (Å²) in [6, 6.07) is 12.0. The van der Waals surface area contributed by atoms with Gasteiger partial charge in [0.15, 0.2) is 0 Å². The lowest BCUT2D eigenvalue weighted by Gasteiger charge is -2.17. The molecule has 150 valence electrons. The second kappa shape index (κ2) is 7.51. The lowest BCUT2D eigenvalue weighted by molar-refractivity contribution is -0.137. The number of amides is 1. The smallest absolute Gasteiger partial charge is 0.339 e. The predicted octanol–water partition coefficient (Wildman–Crippen LogP) is 4.92. The molecule has 1 fully saturated rings. The van der Waals surface area contributed by atoms with Crippen molar-refractivity contribution in [2.75, 3.05) is 6.54 Å². The number of alkyl halides is 3. The Labute approximate surface area is 169 Å². The number of benzene rings is 2. The molecule has 0 bridgehead atoms. The van der Waals surface area contributed by atoms with Gasteiger partial charge in [0.2, 0.25) is 17.6 Å². The first-order chi connectivity index (χ1) is 13.8. The molecule has 1 unspecified atom stereocenters. The number of aromatic nitrogens is 2. The molecule has 4 rings (SSSR count). The van der Waals surface area contributed by atoms with Gasteiger partial charge in [-0.25, -0.2) is 0 Å². The van der Waals surface area contributed by atoms with Crippen LogP contribution in [0.1, 0.15) is 29.4 Å². The summed E-state index contributed by atoms with van der Waals surface area (Å²) in [6.07, 6.45) is -4.27. The Balaban J connectivity index is 1.48. The molecule has 1 atom stereocenters. The Bertz CT molecular complexity index is 1050. The minimum absolute atomic E-state index is 0.0881. The van der Waals surface area contributed by atoms with Crippen molar-refractivity contribution in [3.05, 3.63) is 70.6 Å². The Morgan fingerprint density at radius 3 is 2.72 bits per heavy atom. The van der Waals surface area contributed by atoms with E-state index in [4.69, 9.17) is 16.1 Å². The molecule has 0 saturated carbocycles. The molecule has 1 aliphatic rings. The van der Waals surface area contributed by atoms with Crippen LogP contribution >= 0.6 is 11.6 Å². The van der Waals surface area contributed by atoms with Gasteiger partial charge in [0.1, 0.15) is 0 Å². The summed E-state index contributed by atoms with van der Waals surface area (Å²) < 4.78 is 44.0. The number of nitrogens with zero attached hydrogens (tertiary/aromatic N) is 3. The lowest BCUT2D eigenvalue weighted by atomic mass is 10.1. The molecular weight excluding hydrogens is 407 g/mol. The SMILES string of the molecule is O=C1CC(c2nc(-c3ccccc3Cl)no2)CN1Cc1cccc(C(F)(F)F)c1. The Hall–Kier alpha value is -2.87. The Kier molecular flexibility index (Phi) is 5.04. The van der Waals surface area contributed by atoms with E-state index >= 15 is 0 Å². The minimum atomic E-state index is -4.42. The van der Waals surface area contributed by atoms with Crippen molar-refractivity contribution in [1.82, 2.24) is 15.0 Å². The molecule has 29 heavy (non-hydrogen) atoms. The summed E-state index contributed by atoms with van der Waals surface area (Å²) in [4.78, 5) is 18.2. The molecule has 2 aromatic carbocycles.